The maximum Gasteiger partial charge on any atom is 0.267 e. The van der Waals surface area contributed by atoms with Gasteiger partial charge in [0, 0.05) is 19.0 Å². The highest BCUT2D eigenvalue weighted by Gasteiger charge is 2.32. The number of carbonyl (C=O) groups is 2. The summed E-state index contributed by atoms with van der Waals surface area (Å²) in [6, 6.07) is 0.0572. The number of aryl methyl sites for hydroxylation is 1. The van der Waals surface area contributed by atoms with Gasteiger partial charge in [0.15, 0.2) is 0 Å². The molecule has 1 atom stereocenters. The number of amides is 1. The summed E-state index contributed by atoms with van der Waals surface area (Å²) < 4.78 is 3.85. The Morgan fingerprint density at radius 3 is 2.94 bits per heavy atom. The normalized spacial score (nSPS) is 19.2. The molecule has 0 N–H and O–H groups in total. The average Bonchev–Trinajstić information content (AvgIpc) is 2.95. The molecule has 5 nitrogen and oxygen atoms in total. The number of hydrogen-bond acceptors (Lipinski definition) is 5. The standard InChI is InChI=1S/C12H17N3O2S/c1-3-10-11(18-14-13-10)12(17)15-6-4-5-9(15)7-8(2)16/h9H,3-7H2,1-2H3. The van der Waals surface area contributed by atoms with Crippen LogP contribution in [0.4, 0.5) is 0 Å². The lowest BCUT2D eigenvalue weighted by Crippen LogP contribution is -2.36. The van der Waals surface area contributed by atoms with Crippen molar-refractivity contribution in [1.29, 1.82) is 0 Å². The first-order chi connectivity index (χ1) is 8.63. The maximum absolute atomic E-state index is 12.4. The Bertz CT molecular complexity index is 458. The number of carbonyl (C=O) groups excluding carboxylic acids is 2. The van der Waals surface area contributed by atoms with Gasteiger partial charge < -0.3 is 4.90 Å². The van der Waals surface area contributed by atoms with Crippen LogP contribution in [0.25, 0.3) is 0 Å². The molecule has 1 aliphatic rings. The Morgan fingerprint density at radius 2 is 2.28 bits per heavy atom. The molecule has 1 aromatic rings. The highest BCUT2D eigenvalue weighted by atomic mass is 32.1. The molecule has 6 heteroatoms. The molecule has 1 unspecified atom stereocenters. The number of nitrogens with zero attached hydrogens (tertiary/aromatic N) is 3. The number of ketones is 1. The van der Waals surface area contributed by atoms with E-state index in [9.17, 15) is 9.59 Å². The van der Waals surface area contributed by atoms with Gasteiger partial charge in [-0.05, 0) is 37.7 Å². The van der Waals surface area contributed by atoms with Gasteiger partial charge in [0.25, 0.3) is 5.91 Å². The number of hydrogen-bond donors (Lipinski definition) is 0. The molecule has 98 valence electrons. The topological polar surface area (TPSA) is 63.2 Å². The van der Waals surface area contributed by atoms with E-state index < -0.39 is 0 Å². The molecule has 1 fully saturated rings. The van der Waals surface area contributed by atoms with E-state index in [4.69, 9.17) is 0 Å². The van der Waals surface area contributed by atoms with Crippen molar-refractivity contribution < 1.29 is 9.59 Å². The minimum absolute atomic E-state index is 0.00870. The molecule has 0 aliphatic carbocycles. The second kappa shape index (κ2) is 5.56. The van der Waals surface area contributed by atoms with Crippen LogP contribution in [0, 0.1) is 0 Å². The summed E-state index contributed by atoms with van der Waals surface area (Å²) in [5.74, 6) is 0.128. The van der Waals surface area contributed by atoms with Crippen molar-refractivity contribution in [3.63, 3.8) is 0 Å². The summed E-state index contributed by atoms with van der Waals surface area (Å²) in [6.07, 6.45) is 3.05. The predicted octanol–water partition coefficient (Wildman–Crippen LogP) is 1.68. The van der Waals surface area contributed by atoms with E-state index in [0.29, 0.717) is 17.7 Å². The number of likely N-dealkylation sites (tertiary alicyclic amines) is 1. The Hall–Kier alpha value is -1.30. The third-order valence-corrected chi connectivity index (χ3v) is 4.00. The summed E-state index contributed by atoms with van der Waals surface area (Å²) in [7, 11) is 0. The molecule has 0 saturated carbocycles. The van der Waals surface area contributed by atoms with Crippen molar-refractivity contribution in [3.05, 3.63) is 10.6 Å². The highest BCUT2D eigenvalue weighted by molar-refractivity contribution is 7.08. The predicted molar refractivity (Wildman–Crippen MR) is 68.6 cm³/mol. The van der Waals surface area contributed by atoms with Gasteiger partial charge in [-0.2, -0.15) is 0 Å². The molecule has 1 saturated heterocycles. The molecule has 0 bridgehead atoms. The maximum atomic E-state index is 12.4. The molecular weight excluding hydrogens is 250 g/mol. The molecule has 2 heterocycles. The van der Waals surface area contributed by atoms with Gasteiger partial charge in [-0.1, -0.05) is 11.4 Å². The van der Waals surface area contributed by atoms with E-state index in [2.05, 4.69) is 9.59 Å². The molecule has 1 aromatic heterocycles. The van der Waals surface area contributed by atoms with Crippen molar-refractivity contribution in [2.75, 3.05) is 6.54 Å². The van der Waals surface area contributed by atoms with Crippen LogP contribution in [-0.4, -0.2) is 38.8 Å². The first-order valence-corrected chi connectivity index (χ1v) is 7.02. The molecule has 0 aromatic carbocycles. The van der Waals surface area contributed by atoms with Gasteiger partial charge in [0.2, 0.25) is 0 Å². The van der Waals surface area contributed by atoms with Crippen molar-refractivity contribution in [3.8, 4) is 0 Å². The van der Waals surface area contributed by atoms with Crippen molar-refractivity contribution >= 4 is 23.2 Å². The van der Waals surface area contributed by atoms with E-state index in [1.165, 1.54) is 0 Å². The van der Waals surface area contributed by atoms with E-state index in [0.717, 1.165) is 36.6 Å². The molecule has 2 rings (SSSR count). The van der Waals surface area contributed by atoms with E-state index in [-0.39, 0.29) is 17.7 Å². The SMILES string of the molecule is CCc1nnsc1C(=O)N1CCCC1CC(C)=O. The summed E-state index contributed by atoms with van der Waals surface area (Å²) in [5, 5.41) is 3.97. The van der Waals surface area contributed by atoms with Crippen LogP contribution in [0.2, 0.25) is 0 Å². The molecular formula is C12H17N3O2S. The Balaban J connectivity index is 2.15. The van der Waals surface area contributed by atoms with Crippen molar-refractivity contribution in [1.82, 2.24) is 14.5 Å². The van der Waals surface area contributed by atoms with Gasteiger partial charge in [-0.15, -0.1) is 5.10 Å². The van der Waals surface area contributed by atoms with Crippen LogP contribution in [0.5, 0.6) is 0 Å². The largest absolute Gasteiger partial charge is 0.334 e. The summed E-state index contributed by atoms with van der Waals surface area (Å²) in [6.45, 7) is 4.27. The molecule has 1 aliphatic heterocycles. The van der Waals surface area contributed by atoms with Crippen LogP contribution < -0.4 is 0 Å². The molecule has 0 radical (unpaired) electrons. The zero-order chi connectivity index (χ0) is 13.1. The van der Waals surface area contributed by atoms with Gasteiger partial charge in [-0.25, -0.2) is 0 Å². The zero-order valence-electron chi connectivity index (χ0n) is 10.7. The van der Waals surface area contributed by atoms with Crippen molar-refractivity contribution in [2.24, 2.45) is 0 Å². The van der Waals surface area contributed by atoms with E-state index >= 15 is 0 Å². The number of aromatic nitrogens is 2. The third-order valence-electron chi connectivity index (χ3n) is 3.25. The fourth-order valence-corrected chi connectivity index (χ4v) is 3.09. The lowest BCUT2D eigenvalue weighted by atomic mass is 10.1. The van der Waals surface area contributed by atoms with E-state index in [1.807, 2.05) is 11.8 Å². The Kier molecular flexibility index (Phi) is 4.06. The van der Waals surface area contributed by atoms with Crippen LogP contribution in [0.3, 0.4) is 0 Å². The monoisotopic (exact) mass is 267 g/mol. The van der Waals surface area contributed by atoms with Crippen LogP contribution in [0.1, 0.15) is 48.5 Å². The molecule has 18 heavy (non-hydrogen) atoms. The Morgan fingerprint density at radius 1 is 1.50 bits per heavy atom. The summed E-state index contributed by atoms with van der Waals surface area (Å²) in [4.78, 5) is 26.1. The van der Waals surface area contributed by atoms with Gasteiger partial charge in [0.05, 0.1) is 5.69 Å². The second-order valence-electron chi connectivity index (χ2n) is 4.60. The first kappa shape index (κ1) is 13.1. The fraction of sp³-hybridized carbons (Fsp3) is 0.667. The highest BCUT2D eigenvalue weighted by Crippen LogP contribution is 2.24. The zero-order valence-corrected chi connectivity index (χ0v) is 11.5. The lowest BCUT2D eigenvalue weighted by Gasteiger charge is -2.23. The molecule has 0 spiro atoms. The van der Waals surface area contributed by atoms with Gasteiger partial charge in [0.1, 0.15) is 10.7 Å². The fourth-order valence-electron chi connectivity index (χ4n) is 2.38. The average molecular weight is 267 g/mol. The summed E-state index contributed by atoms with van der Waals surface area (Å²) >= 11 is 1.15. The van der Waals surface area contributed by atoms with Crippen molar-refractivity contribution in [2.45, 2.75) is 45.6 Å². The minimum Gasteiger partial charge on any atom is -0.334 e. The number of Topliss-reactive ketones (excluding diaryl/α,β-unsaturated/α-hetero) is 1. The van der Waals surface area contributed by atoms with Gasteiger partial charge in [-0.3, -0.25) is 9.59 Å². The Labute approximate surface area is 110 Å². The minimum atomic E-state index is -0.00870. The number of rotatable bonds is 4. The molecule has 1 amide bonds. The van der Waals surface area contributed by atoms with Crippen LogP contribution in [0.15, 0.2) is 0 Å². The van der Waals surface area contributed by atoms with Crippen LogP contribution >= 0.6 is 11.5 Å². The van der Waals surface area contributed by atoms with E-state index in [1.54, 1.807) is 6.92 Å². The smallest absolute Gasteiger partial charge is 0.267 e. The summed E-state index contributed by atoms with van der Waals surface area (Å²) in [5.41, 5.74) is 0.762. The van der Waals surface area contributed by atoms with Gasteiger partial charge >= 0.3 is 0 Å². The second-order valence-corrected chi connectivity index (χ2v) is 5.36. The lowest BCUT2D eigenvalue weighted by molar-refractivity contribution is -0.117. The van der Waals surface area contributed by atoms with Crippen LogP contribution in [-0.2, 0) is 11.2 Å². The third kappa shape index (κ3) is 2.58. The first-order valence-electron chi connectivity index (χ1n) is 6.25. The quantitative estimate of drug-likeness (QED) is 0.832.